The molecule has 0 fully saturated rings. The van der Waals surface area contributed by atoms with Crippen LogP contribution in [0.1, 0.15) is 47.1 Å². The molecule has 1 atom stereocenters. The Bertz CT molecular complexity index is 847. The minimum Gasteiger partial charge on any atom is -0.467 e. The third-order valence-corrected chi connectivity index (χ3v) is 4.10. The van der Waals surface area contributed by atoms with Gasteiger partial charge in [-0.2, -0.15) is 0 Å². The molecule has 11 nitrogen and oxygen atoms in total. The van der Waals surface area contributed by atoms with Crippen LogP contribution in [-0.4, -0.2) is 73.1 Å². The van der Waals surface area contributed by atoms with Gasteiger partial charge in [0.1, 0.15) is 23.9 Å². The van der Waals surface area contributed by atoms with E-state index in [-0.39, 0.29) is 26.2 Å². The van der Waals surface area contributed by atoms with Gasteiger partial charge in [0.05, 0.1) is 13.7 Å². The van der Waals surface area contributed by atoms with Gasteiger partial charge >= 0.3 is 24.2 Å². The molecule has 1 aromatic rings. The Morgan fingerprint density at radius 2 is 1.51 bits per heavy atom. The maximum atomic E-state index is 12.8. The zero-order valence-corrected chi connectivity index (χ0v) is 21.5. The number of hydrogen-bond acceptors (Lipinski definition) is 8. The molecule has 0 heterocycles. The molecular weight excluding hydrogens is 458 g/mol. The smallest absolute Gasteiger partial charge is 0.410 e. The number of nitrogens with zero attached hydrogens (tertiary/aromatic N) is 1. The number of carbonyl (C=O) groups is 4. The summed E-state index contributed by atoms with van der Waals surface area (Å²) in [4.78, 5) is 50.5. The van der Waals surface area contributed by atoms with Gasteiger partial charge in [-0.25, -0.2) is 19.2 Å². The van der Waals surface area contributed by atoms with Crippen LogP contribution in [0.25, 0.3) is 0 Å². The topological polar surface area (TPSA) is 132 Å². The Kier molecular flexibility index (Phi) is 11.3. The number of rotatable bonds is 9. The highest BCUT2D eigenvalue weighted by Crippen LogP contribution is 2.11. The number of alkyl carbamates (subject to hydrolysis) is 2. The quantitative estimate of drug-likeness (QED) is 0.394. The van der Waals surface area contributed by atoms with Gasteiger partial charge in [-0.3, -0.25) is 0 Å². The first-order valence-corrected chi connectivity index (χ1v) is 11.2. The molecule has 0 saturated carbocycles. The molecule has 0 spiro atoms. The van der Waals surface area contributed by atoms with Gasteiger partial charge in [0, 0.05) is 13.1 Å². The second-order valence-corrected chi connectivity index (χ2v) is 9.64. The van der Waals surface area contributed by atoms with E-state index in [1.807, 2.05) is 6.07 Å². The van der Waals surface area contributed by atoms with Gasteiger partial charge in [0.25, 0.3) is 0 Å². The van der Waals surface area contributed by atoms with Crippen molar-refractivity contribution in [1.82, 2.24) is 15.5 Å². The molecule has 35 heavy (non-hydrogen) atoms. The molecule has 1 unspecified atom stereocenters. The summed E-state index contributed by atoms with van der Waals surface area (Å²) in [5, 5.41) is 4.96. The van der Waals surface area contributed by atoms with Gasteiger partial charge < -0.3 is 34.5 Å². The fourth-order valence-corrected chi connectivity index (χ4v) is 2.64. The van der Waals surface area contributed by atoms with Crippen molar-refractivity contribution in [1.29, 1.82) is 0 Å². The van der Waals surface area contributed by atoms with Crippen LogP contribution in [-0.2, 0) is 30.3 Å². The number of carbonyl (C=O) groups excluding carboxylic acids is 4. The highest BCUT2D eigenvalue weighted by Gasteiger charge is 2.30. The lowest BCUT2D eigenvalue weighted by Crippen LogP contribution is -2.52. The Labute approximate surface area is 206 Å². The average molecular weight is 496 g/mol. The summed E-state index contributed by atoms with van der Waals surface area (Å²) in [6, 6.07) is 7.77. The third-order valence-electron chi connectivity index (χ3n) is 4.10. The van der Waals surface area contributed by atoms with Gasteiger partial charge in [0.15, 0.2) is 0 Å². The van der Waals surface area contributed by atoms with Crippen LogP contribution in [0, 0.1) is 0 Å². The van der Waals surface area contributed by atoms with Crippen molar-refractivity contribution in [3.63, 3.8) is 0 Å². The van der Waals surface area contributed by atoms with Crippen LogP contribution in [0.15, 0.2) is 30.3 Å². The highest BCUT2D eigenvalue weighted by molar-refractivity contribution is 5.82. The number of methoxy groups -OCH3 is 1. The molecule has 0 bridgehead atoms. The van der Waals surface area contributed by atoms with Gasteiger partial charge in [-0.15, -0.1) is 0 Å². The van der Waals surface area contributed by atoms with Crippen LogP contribution in [0.3, 0.4) is 0 Å². The molecule has 0 aliphatic heterocycles. The van der Waals surface area contributed by atoms with E-state index in [2.05, 4.69) is 10.6 Å². The minimum atomic E-state index is -1.24. The maximum Gasteiger partial charge on any atom is 0.410 e. The third kappa shape index (κ3) is 13.1. The van der Waals surface area contributed by atoms with E-state index in [1.54, 1.807) is 65.8 Å². The van der Waals surface area contributed by atoms with Crippen LogP contribution in [0.2, 0.25) is 0 Å². The second kappa shape index (κ2) is 13.4. The molecule has 0 saturated heterocycles. The standard InChI is InChI=1S/C24H37N3O8/c1-23(2,3)34-20(29)25-13-14-27(22(31)35-24(4,5)6)15-18(19(28)32-7)26-21(30)33-16-17-11-9-8-10-12-17/h8-12,18H,13-16H2,1-7H3,(H,25,29)(H,26,30). The Morgan fingerprint density at radius 1 is 0.914 bits per heavy atom. The average Bonchev–Trinajstić information content (AvgIpc) is 2.74. The largest absolute Gasteiger partial charge is 0.467 e. The van der Waals surface area contributed by atoms with Crippen LogP contribution >= 0.6 is 0 Å². The van der Waals surface area contributed by atoms with E-state index in [0.29, 0.717) is 0 Å². The summed E-state index contributed by atoms with van der Waals surface area (Å²) >= 11 is 0. The number of ether oxygens (including phenoxy) is 4. The Morgan fingerprint density at radius 3 is 2.06 bits per heavy atom. The number of nitrogens with one attached hydrogen (secondary N) is 2. The van der Waals surface area contributed by atoms with E-state index in [4.69, 9.17) is 18.9 Å². The van der Waals surface area contributed by atoms with Gasteiger partial charge in [0.2, 0.25) is 0 Å². The van der Waals surface area contributed by atoms with Crippen molar-refractivity contribution >= 4 is 24.2 Å². The number of esters is 1. The van der Waals surface area contributed by atoms with E-state index in [9.17, 15) is 19.2 Å². The van der Waals surface area contributed by atoms with Gasteiger partial charge in [-0.1, -0.05) is 30.3 Å². The molecule has 2 N–H and O–H groups in total. The van der Waals surface area contributed by atoms with Crippen molar-refractivity contribution < 1.29 is 38.1 Å². The second-order valence-electron chi connectivity index (χ2n) is 9.64. The fraction of sp³-hybridized carbons (Fsp3) is 0.583. The zero-order valence-electron chi connectivity index (χ0n) is 21.5. The van der Waals surface area contributed by atoms with Crippen molar-refractivity contribution in [2.75, 3.05) is 26.7 Å². The molecule has 11 heteroatoms. The fourth-order valence-electron chi connectivity index (χ4n) is 2.64. The lowest BCUT2D eigenvalue weighted by atomic mass is 10.2. The monoisotopic (exact) mass is 495 g/mol. The summed E-state index contributed by atoms with van der Waals surface area (Å²) in [7, 11) is 1.16. The molecule has 1 rings (SSSR count). The predicted octanol–water partition coefficient (Wildman–Crippen LogP) is 3.22. The summed E-state index contributed by atoms with van der Waals surface area (Å²) in [6.45, 7) is 9.96. The van der Waals surface area contributed by atoms with E-state index in [0.717, 1.165) is 12.7 Å². The molecule has 1 aromatic carbocycles. The van der Waals surface area contributed by atoms with Crippen LogP contribution < -0.4 is 10.6 Å². The zero-order chi connectivity index (χ0) is 26.6. The van der Waals surface area contributed by atoms with E-state index < -0.39 is 41.5 Å². The lowest BCUT2D eigenvalue weighted by molar-refractivity contribution is -0.143. The molecule has 0 radical (unpaired) electrons. The maximum absolute atomic E-state index is 12.8. The van der Waals surface area contributed by atoms with Crippen LogP contribution in [0.4, 0.5) is 14.4 Å². The Balaban J connectivity index is 2.85. The molecule has 0 aliphatic carbocycles. The lowest BCUT2D eigenvalue weighted by Gasteiger charge is -2.30. The molecule has 0 aromatic heterocycles. The van der Waals surface area contributed by atoms with Crippen LogP contribution in [0.5, 0.6) is 0 Å². The predicted molar refractivity (Wildman–Crippen MR) is 128 cm³/mol. The summed E-state index contributed by atoms with van der Waals surface area (Å²) in [5.74, 6) is -0.782. The molecule has 0 aliphatic rings. The van der Waals surface area contributed by atoms with E-state index >= 15 is 0 Å². The summed E-state index contributed by atoms with van der Waals surface area (Å²) in [6.07, 6.45) is -2.26. The summed E-state index contributed by atoms with van der Waals surface area (Å²) in [5.41, 5.74) is -0.730. The van der Waals surface area contributed by atoms with Crippen molar-refractivity contribution in [3.8, 4) is 0 Å². The Hall–Kier alpha value is -3.50. The van der Waals surface area contributed by atoms with Crippen molar-refractivity contribution in [2.45, 2.75) is 65.4 Å². The minimum absolute atomic E-state index is 0.00382. The number of benzene rings is 1. The first kappa shape index (κ1) is 29.5. The highest BCUT2D eigenvalue weighted by atomic mass is 16.6. The number of hydrogen-bond donors (Lipinski definition) is 2. The first-order valence-electron chi connectivity index (χ1n) is 11.2. The van der Waals surface area contributed by atoms with Crippen molar-refractivity contribution in [2.24, 2.45) is 0 Å². The normalized spacial score (nSPS) is 12.1. The number of amides is 3. The SMILES string of the molecule is COC(=O)C(CN(CCNC(=O)OC(C)(C)C)C(=O)OC(C)(C)C)NC(=O)OCc1ccccc1. The molecule has 3 amide bonds. The molecule has 196 valence electrons. The van der Waals surface area contributed by atoms with E-state index in [1.165, 1.54) is 4.90 Å². The summed E-state index contributed by atoms with van der Waals surface area (Å²) < 4.78 is 20.5. The first-order chi connectivity index (χ1) is 16.2. The van der Waals surface area contributed by atoms with Crippen molar-refractivity contribution in [3.05, 3.63) is 35.9 Å². The molecular formula is C24H37N3O8. The van der Waals surface area contributed by atoms with Gasteiger partial charge in [-0.05, 0) is 47.1 Å².